The number of nitrogens with zero attached hydrogens (tertiary/aromatic N) is 2. The normalized spacial score (nSPS) is 10.1. The van der Waals surface area contributed by atoms with Crippen LogP contribution in [0.3, 0.4) is 0 Å². The lowest BCUT2D eigenvalue weighted by Crippen LogP contribution is -2.03. The Kier molecular flexibility index (Phi) is 7.12. The number of halogens is 1. The third-order valence-corrected chi connectivity index (χ3v) is 4.32. The fraction of sp³-hybridized carbons (Fsp3) is 0.190. The first-order chi connectivity index (χ1) is 13.0. The van der Waals surface area contributed by atoms with Crippen molar-refractivity contribution in [3.05, 3.63) is 58.6 Å². The maximum Gasteiger partial charge on any atom is 0.222 e. The van der Waals surface area contributed by atoms with Crippen molar-refractivity contribution >= 4 is 39.2 Å². The third kappa shape index (κ3) is 5.07. The Hall–Kier alpha value is -2.93. The Bertz CT molecular complexity index is 975. The number of rotatable bonds is 6. The van der Waals surface area contributed by atoms with E-state index in [-0.39, 0.29) is 19.2 Å². The smallest absolute Gasteiger partial charge is 0.222 e. The van der Waals surface area contributed by atoms with Crippen LogP contribution in [-0.2, 0) is 0 Å². The van der Waals surface area contributed by atoms with Gasteiger partial charge in [-0.25, -0.2) is 4.98 Å². The minimum atomic E-state index is 0. The highest BCUT2D eigenvalue weighted by molar-refractivity contribution is 9.10. The van der Waals surface area contributed by atoms with E-state index in [9.17, 15) is 4.79 Å². The van der Waals surface area contributed by atoms with E-state index in [4.69, 9.17) is 10.5 Å². The van der Waals surface area contributed by atoms with E-state index in [1.54, 1.807) is 18.2 Å². The highest BCUT2D eigenvalue weighted by Gasteiger charge is 2.12. The average molecular weight is 443 g/mol. The van der Waals surface area contributed by atoms with E-state index in [2.05, 4.69) is 31.2 Å². The Balaban J connectivity index is 0.00000280. The van der Waals surface area contributed by atoms with Gasteiger partial charge in [0, 0.05) is 27.4 Å². The number of carbonyl (C=O) groups is 1. The minimum absolute atomic E-state index is 0. The standard InChI is InChI=1S/C20H19BrN4O2.CH4/c1-3-27-18-9-6-14(21)10-16(18)17-11-19(25-20(22)24-17)23-15-7-4-13(5-8-15)12(2)26;/h4-11H,3H2,1-2H3,(H3,22,23,24,25);1H4. The van der Waals surface area contributed by atoms with Gasteiger partial charge in [-0.3, -0.25) is 4.79 Å². The lowest BCUT2D eigenvalue weighted by molar-refractivity contribution is 0.101. The lowest BCUT2D eigenvalue weighted by Gasteiger charge is -2.12. The van der Waals surface area contributed by atoms with Crippen LogP contribution in [0.5, 0.6) is 5.75 Å². The molecule has 0 amide bonds. The summed E-state index contributed by atoms with van der Waals surface area (Å²) in [6.45, 7) is 4.01. The van der Waals surface area contributed by atoms with Gasteiger partial charge in [-0.05, 0) is 56.3 Å². The van der Waals surface area contributed by atoms with Crippen LogP contribution in [0.25, 0.3) is 11.3 Å². The lowest BCUT2D eigenvalue weighted by atomic mass is 10.1. The molecule has 146 valence electrons. The molecule has 0 fully saturated rings. The number of hydrogen-bond acceptors (Lipinski definition) is 6. The van der Waals surface area contributed by atoms with Crippen molar-refractivity contribution < 1.29 is 9.53 Å². The predicted molar refractivity (Wildman–Crippen MR) is 117 cm³/mol. The molecule has 0 aliphatic heterocycles. The minimum Gasteiger partial charge on any atom is -0.493 e. The Morgan fingerprint density at radius 1 is 1.14 bits per heavy atom. The maximum atomic E-state index is 11.4. The highest BCUT2D eigenvalue weighted by atomic mass is 79.9. The van der Waals surface area contributed by atoms with Crippen molar-refractivity contribution in [2.45, 2.75) is 21.3 Å². The number of Topliss-reactive ketones (excluding diaryl/α,β-unsaturated/α-hetero) is 1. The first-order valence-electron chi connectivity index (χ1n) is 8.41. The quantitative estimate of drug-likeness (QED) is 0.491. The molecule has 0 aliphatic rings. The Labute approximate surface area is 173 Å². The van der Waals surface area contributed by atoms with Crippen LogP contribution in [0.15, 0.2) is 53.0 Å². The molecule has 0 atom stereocenters. The van der Waals surface area contributed by atoms with Crippen molar-refractivity contribution in [1.29, 1.82) is 0 Å². The summed E-state index contributed by atoms with van der Waals surface area (Å²) in [5.41, 5.74) is 8.83. The second-order valence-electron chi connectivity index (χ2n) is 5.83. The van der Waals surface area contributed by atoms with Crippen molar-refractivity contribution in [2.24, 2.45) is 0 Å². The van der Waals surface area contributed by atoms with E-state index in [1.165, 1.54) is 6.92 Å². The molecule has 1 heterocycles. The highest BCUT2D eigenvalue weighted by Crippen LogP contribution is 2.33. The number of ketones is 1. The molecular formula is C21H23BrN4O2. The molecule has 3 rings (SSSR count). The molecular weight excluding hydrogens is 420 g/mol. The van der Waals surface area contributed by atoms with Crippen molar-refractivity contribution in [1.82, 2.24) is 9.97 Å². The van der Waals surface area contributed by atoms with Gasteiger partial charge in [-0.1, -0.05) is 23.4 Å². The second kappa shape index (κ2) is 9.32. The zero-order chi connectivity index (χ0) is 19.4. The van der Waals surface area contributed by atoms with Gasteiger partial charge in [0.2, 0.25) is 5.95 Å². The van der Waals surface area contributed by atoms with Gasteiger partial charge in [0.15, 0.2) is 5.78 Å². The van der Waals surface area contributed by atoms with Crippen molar-refractivity contribution in [3.63, 3.8) is 0 Å². The average Bonchev–Trinajstić information content (AvgIpc) is 2.63. The maximum absolute atomic E-state index is 11.4. The van der Waals surface area contributed by atoms with Gasteiger partial charge in [0.1, 0.15) is 11.6 Å². The van der Waals surface area contributed by atoms with Crippen molar-refractivity contribution in [2.75, 3.05) is 17.7 Å². The second-order valence-corrected chi connectivity index (χ2v) is 6.74. The zero-order valence-corrected chi connectivity index (χ0v) is 16.6. The Morgan fingerprint density at radius 2 is 1.86 bits per heavy atom. The molecule has 28 heavy (non-hydrogen) atoms. The van der Waals surface area contributed by atoms with Gasteiger partial charge in [-0.2, -0.15) is 4.98 Å². The van der Waals surface area contributed by atoms with Gasteiger partial charge in [0.25, 0.3) is 0 Å². The van der Waals surface area contributed by atoms with Gasteiger partial charge in [0.05, 0.1) is 12.3 Å². The molecule has 0 spiro atoms. The van der Waals surface area contributed by atoms with E-state index < -0.39 is 0 Å². The van der Waals surface area contributed by atoms with E-state index in [1.807, 2.05) is 37.3 Å². The number of nitrogens with two attached hydrogens (primary N) is 1. The topological polar surface area (TPSA) is 90.1 Å². The molecule has 3 aromatic rings. The SMILES string of the molecule is C.CCOc1ccc(Br)cc1-c1cc(Nc2ccc(C(C)=O)cc2)nc(N)n1. The predicted octanol–water partition coefficient (Wildman–Crippen LogP) is 5.47. The van der Waals surface area contributed by atoms with E-state index in [0.29, 0.717) is 23.7 Å². The van der Waals surface area contributed by atoms with Crippen molar-refractivity contribution in [3.8, 4) is 17.0 Å². The summed E-state index contributed by atoms with van der Waals surface area (Å²) in [4.78, 5) is 20.0. The van der Waals surface area contributed by atoms with Crippen LogP contribution in [0.4, 0.5) is 17.5 Å². The number of hydrogen-bond donors (Lipinski definition) is 2. The number of nitrogens with one attached hydrogen (secondary N) is 1. The van der Waals surface area contributed by atoms with Crippen LogP contribution in [0, 0.1) is 0 Å². The van der Waals surface area contributed by atoms with Crippen LogP contribution in [0.2, 0.25) is 0 Å². The molecule has 7 heteroatoms. The summed E-state index contributed by atoms with van der Waals surface area (Å²) in [5, 5.41) is 3.19. The number of anilines is 3. The molecule has 0 saturated heterocycles. The molecule has 1 aromatic heterocycles. The van der Waals surface area contributed by atoms with E-state index in [0.717, 1.165) is 21.5 Å². The number of aromatic nitrogens is 2. The van der Waals surface area contributed by atoms with Crippen LogP contribution in [-0.4, -0.2) is 22.4 Å². The number of ether oxygens (including phenoxy) is 1. The van der Waals surface area contributed by atoms with E-state index >= 15 is 0 Å². The summed E-state index contributed by atoms with van der Waals surface area (Å²) in [7, 11) is 0. The molecule has 3 N–H and O–H groups in total. The fourth-order valence-electron chi connectivity index (χ4n) is 2.59. The summed E-state index contributed by atoms with van der Waals surface area (Å²) < 4.78 is 6.62. The van der Waals surface area contributed by atoms with Gasteiger partial charge < -0.3 is 15.8 Å². The molecule has 0 aliphatic carbocycles. The van der Waals surface area contributed by atoms with Gasteiger partial charge in [-0.15, -0.1) is 0 Å². The van der Waals surface area contributed by atoms with Crippen LogP contribution in [0.1, 0.15) is 31.6 Å². The molecule has 0 unspecified atom stereocenters. The molecule has 0 saturated carbocycles. The van der Waals surface area contributed by atoms with Crippen LogP contribution >= 0.6 is 15.9 Å². The van der Waals surface area contributed by atoms with Crippen LogP contribution < -0.4 is 15.8 Å². The summed E-state index contributed by atoms with van der Waals surface area (Å²) in [5.74, 6) is 1.44. The largest absolute Gasteiger partial charge is 0.493 e. The molecule has 6 nitrogen and oxygen atoms in total. The molecule has 2 aromatic carbocycles. The monoisotopic (exact) mass is 442 g/mol. The molecule has 0 bridgehead atoms. The molecule has 0 radical (unpaired) electrons. The number of benzene rings is 2. The Morgan fingerprint density at radius 3 is 2.50 bits per heavy atom. The zero-order valence-electron chi connectivity index (χ0n) is 15.0. The summed E-state index contributed by atoms with van der Waals surface area (Å²) >= 11 is 3.48. The number of carbonyl (C=O) groups excluding carboxylic acids is 1. The summed E-state index contributed by atoms with van der Waals surface area (Å²) in [6.07, 6.45) is 0. The fourth-order valence-corrected chi connectivity index (χ4v) is 2.95. The summed E-state index contributed by atoms with van der Waals surface area (Å²) in [6, 6.07) is 14.7. The first-order valence-corrected chi connectivity index (χ1v) is 9.21. The third-order valence-electron chi connectivity index (χ3n) is 3.82. The van der Waals surface area contributed by atoms with Gasteiger partial charge >= 0.3 is 0 Å². The number of nitrogen functional groups attached to an aromatic ring is 1. The first kappa shape index (κ1) is 21.4.